The molecular weight excluding hydrogens is 284 g/mol. The molecule has 3 aromatic heterocycles. The van der Waals surface area contributed by atoms with Crippen molar-refractivity contribution in [1.82, 2.24) is 19.7 Å². The Morgan fingerprint density at radius 3 is 2.74 bits per heavy atom. The molecule has 0 radical (unpaired) electrons. The summed E-state index contributed by atoms with van der Waals surface area (Å²) in [7, 11) is 0. The van der Waals surface area contributed by atoms with Crippen LogP contribution in [0.2, 0.25) is 4.34 Å². The Morgan fingerprint density at radius 1 is 1.32 bits per heavy atom. The average molecular weight is 291 g/mol. The first-order chi connectivity index (χ1) is 9.28. The number of carbonyl (C=O) groups excluding carboxylic acids is 1. The van der Waals surface area contributed by atoms with Gasteiger partial charge in [0.1, 0.15) is 5.69 Å². The molecule has 0 aliphatic carbocycles. The molecule has 0 N–H and O–H groups in total. The van der Waals surface area contributed by atoms with Gasteiger partial charge in [-0.2, -0.15) is 5.10 Å². The van der Waals surface area contributed by atoms with E-state index >= 15 is 0 Å². The van der Waals surface area contributed by atoms with E-state index < -0.39 is 0 Å². The van der Waals surface area contributed by atoms with Crippen LogP contribution in [0.1, 0.15) is 10.4 Å². The Bertz CT molecular complexity index is 722. The number of hydrogen-bond acceptors (Lipinski definition) is 5. The molecule has 0 aromatic carbocycles. The van der Waals surface area contributed by atoms with Gasteiger partial charge in [0.2, 0.25) is 5.95 Å². The number of aromatic nitrogens is 4. The van der Waals surface area contributed by atoms with Crippen molar-refractivity contribution in [3.05, 3.63) is 46.0 Å². The van der Waals surface area contributed by atoms with E-state index in [9.17, 15) is 4.79 Å². The van der Waals surface area contributed by atoms with Crippen molar-refractivity contribution in [2.75, 3.05) is 0 Å². The topological polar surface area (TPSA) is 60.7 Å². The molecule has 0 bridgehead atoms. The monoisotopic (exact) mass is 290 g/mol. The molecule has 94 valence electrons. The highest BCUT2D eigenvalue weighted by Crippen LogP contribution is 2.29. The van der Waals surface area contributed by atoms with Crippen LogP contribution in [0.5, 0.6) is 0 Å². The lowest BCUT2D eigenvalue weighted by Crippen LogP contribution is -2.00. The van der Waals surface area contributed by atoms with Crippen molar-refractivity contribution < 1.29 is 4.79 Å². The normalized spacial score (nSPS) is 10.6. The second-order valence-electron chi connectivity index (χ2n) is 3.68. The van der Waals surface area contributed by atoms with Crippen LogP contribution in [0.25, 0.3) is 17.2 Å². The summed E-state index contributed by atoms with van der Waals surface area (Å²) in [5, 5.41) is 6.20. The minimum atomic E-state index is 0.415. The van der Waals surface area contributed by atoms with Gasteiger partial charge in [-0.05, 0) is 12.1 Å². The fourth-order valence-electron chi connectivity index (χ4n) is 1.64. The Balaban J connectivity index is 2.11. The van der Waals surface area contributed by atoms with Gasteiger partial charge >= 0.3 is 0 Å². The van der Waals surface area contributed by atoms with Gasteiger partial charge in [-0.3, -0.25) is 4.79 Å². The molecule has 0 fully saturated rings. The number of carbonyl (C=O) groups is 1. The zero-order chi connectivity index (χ0) is 13.2. The van der Waals surface area contributed by atoms with Crippen LogP contribution < -0.4 is 0 Å². The molecule has 3 heterocycles. The van der Waals surface area contributed by atoms with Gasteiger partial charge < -0.3 is 0 Å². The Hall–Kier alpha value is -2.05. The van der Waals surface area contributed by atoms with Gasteiger partial charge in [0.05, 0.1) is 9.90 Å². The van der Waals surface area contributed by atoms with E-state index in [1.54, 1.807) is 30.7 Å². The first-order valence-corrected chi connectivity index (χ1v) is 6.60. The number of aldehydes is 1. The molecule has 0 unspecified atom stereocenters. The Labute approximate surface area is 117 Å². The number of halogens is 1. The van der Waals surface area contributed by atoms with Gasteiger partial charge in [-0.25, -0.2) is 14.6 Å². The van der Waals surface area contributed by atoms with Crippen LogP contribution in [-0.4, -0.2) is 26.0 Å². The average Bonchev–Trinajstić information content (AvgIpc) is 3.05. The first-order valence-electron chi connectivity index (χ1n) is 5.34. The predicted octanol–water partition coefficient (Wildman–Crippen LogP) is 2.86. The fourth-order valence-corrected chi connectivity index (χ4v) is 2.51. The van der Waals surface area contributed by atoms with E-state index in [4.69, 9.17) is 11.6 Å². The maximum absolute atomic E-state index is 11.1. The van der Waals surface area contributed by atoms with Crippen molar-refractivity contribution in [3.8, 4) is 17.2 Å². The summed E-state index contributed by atoms with van der Waals surface area (Å²) in [5.41, 5.74) is 1.86. The molecule has 0 aliphatic heterocycles. The number of thiophene rings is 1. The molecule has 0 saturated heterocycles. The third-order valence-electron chi connectivity index (χ3n) is 2.47. The van der Waals surface area contributed by atoms with Gasteiger partial charge in [0.15, 0.2) is 6.29 Å². The van der Waals surface area contributed by atoms with Gasteiger partial charge in [-0.1, -0.05) is 11.6 Å². The summed E-state index contributed by atoms with van der Waals surface area (Å²) >= 11 is 7.29. The van der Waals surface area contributed by atoms with Crippen molar-refractivity contribution >= 4 is 29.2 Å². The molecule has 0 aliphatic rings. The molecule has 3 aromatic rings. The summed E-state index contributed by atoms with van der Waals surface area (Å²) in [6.07, 6.45) is 5.59. The number of hydrogen-bond donors (Lipinski definition) is 0. The summed E-state index contributed by atoms with van der Waals surface area (Å²) in [4.78, 5) is 19.3. The lowest BCUT2D eigenvalue weighted by Gasteiger charge is -1.96. The van der Waals surface area contributed by atoms with E-state index in [1.807, 2.05) is 5.38 Å². The van der Waals surface area contributed by atoms with Gasteiger partial charge in [0, 0.05) is 29.5 Å². The molecule has 5 nitrogen and oxygen atoms in total. The predicted molar refractivity (Wildman–Crippen MR) is 72.9 cm³/mol. The summed E-state index contributed by atoms with van der Waals surface area (Å²) < 4.78 is 2.13. The zero-order valence-corrected chi connectivity index (χ0v) is 11.1. The third kappa shape index (κ3) is 2.27. The SMILES string of the molecule is O=Cc1cn(-c2ncccn2)nc1-c1csc(Cl)c1. The van der Waals surface area contributed by atoms with E-state index in [0.29, 0.717) is 21.5 Å². The van der Waals surface area contributed by atoms with Crippen molar-refractivity contribution in [1.29, 1.82) is 0 Å². The van der Waals surface area contributed by atoms with Crippen molar-refractivity contribution in [3.63, 3.8) is 0 Å². The smallest absolute Gasteiger partial charge is 0.250 e. The van der Waals surface area contributed by atoms with E-state index in [0.717, 1.165) is 11.8 Å². The molecule has 0 amide bonds. The van der Waals surface area contributed by atoms with Crippen LogP contribution in [0, 0.1) is 0 Å². The van der Waals surface area contributed by atoms with Gasteiger partial charge in [-0.15, -0.1) is 11.3 Å². The fraction of sp³-hybridized carbons (Fsp3) is 0. The molecule has 0 atom stereocenters. The van der Waals surface area contributed by atoms with Crippen molar-refractivity contribution in [2.45, 2.75) is 0 Å². The van der Waals surface area contributed by atoms with E-state index in [-0.39, 0.29) is 0 Å². The summed E-state index contributed by atoms with van der Waals surface area (Å²) in [6, 6.07) is 3.49. The Kier molecular flexibility index (Phi) is 3.10. The summed E-state index contributed by atoms with van der Waals surface area (Å²) in [5.74, 6) is 0.415. The van der Waals surface area contributed by atoms with E-state index in [2.05, 4.69) is 15.1 Å². The standard InChI is InChI=1S/C12H7ClN4OS/c13-10-4-8(7-19-10)11-9(6-18)5-17(16-11)12-14-2-1-3-15-12/h1-7H. The van der Waals surface area contributed by atoms with Crippen LogP contribution in [0.3, 0.4) is 0 Å². The molecule has 0 spiro atoms. The first kappa shape index (κ1) is 12.0. The quantitative estimate of drug-likeness (QED) is 0.696. The van der Waals surface area contributed by atoms with Crippen LogP contribution in [-0.2, 0) is 0 Å². The third-order valence-corrected chi connectivity index (χ3v) is 3.56. The molecule has 0 saturated carbocycles. The highest BCUT2D eigenvalue weighted by atomic mass is 35.5. The minimum absolute atomic E-state index is 0.415. The van der Waals surface area contributed by atoms with Crippen molar-refractivity contribution in [2.24, 2.45) is 0 Å². The van der Waals surface area contributed by atoms with E-state index in [1.165, 1.54) is 16.0 Å². The van der Waals surface area contributed by atoms with Crippen LogP contribution >= 0.6 is 22.9 Å². The lowest BCUT2D eigenvalue weighted by molar-refractivity contribution is 0.112. The maximum atomic E-state index is 11.1. The molecule has 7 heteroatoms. The second kappa shape index (κ2) is 4.91. The minimum Gasteiger partial charge on any atom is -0.298 e. The summed E-state index contributed by atoms with van der Waals surface area (Å²) in [6.45, 7) is 0. The largest absolute Gasteiger partial charge is 0.298 e. The lowest BCUT2D eigenvalue weighted by atomic mass is 10.2. The highest BCUT2D eigenvalue weighted by molar-refractivity contribution is 7.14. The highest BCUT2D eigenvalue weighted by Gasteiger charge is 2.13. The number of rotatable bonds is 3. The maximum Gasteiger partial charge on any atom is 0.250 e. The second-order valence-corrected chi connectivity index (χ2v) is 5.23. The Morgan fingerprint density at radius 2 is 2.11 bits per heavy atom. The molecular formula is C12H7ClN4OS. The molecule has 3 rings (SSSR count). The number of nitrogens with zero attached hydrogens (tertiary/aromatic N) is 4. The molecule has 19 heavy (non-hydrogen) atoms. The van der Waals surface area contributed by atoms with Crippen LogP contribution in [0.4, 0.5) is 0 Å². The van der Waals surface area contributed by atoms with Gasteiger partial charge in [0.25, 0.3) is 0 Å². The van der Waals surface area contributed by atoms with Crippen LogP contribution in [0.15, 0.2) is 36.1 Å². The zero-order valence-electron chi connectivity index (χ0n) is 9.52.